The normalized spacial score (nSPS) is 11.7. The van der Waals surface area contributed by atoms with Gasteiger partial charge in [-0.3, -0.25) is 14.4 Å². The van der Waals surface area contributed by atoms with Crippen molar-refractivity contribution in [1.82, 2.24) is 5.32 Å². The van der Waals surface area contributed by atoms with Gasteiger partial charge in [-0.05, 0) is 84.6 Å². The minimum Gasteiger partial charge on any atom is -0.497 e. The number of carbonyl (C=O) groups is 3. The zero-order valence-electron chi connectivity index (χ0n) is 26.3. The van der Waals surface area contributed by atoms with E-state index in [0.717, 1.165) is 27.3 Å². The maximum absolute atomic E-state index is 13.8. The summed E-state index contributed by atoms with van der Waals surface area (Å²) < 4.78 is 5.33. The van der Waals surface area contributed by atoms with Crippen LogP contribution in [0, 0.1) is 13.8 Å². The van der Waals surface area contributed by atoms with E-state index < -0.39 is 17.1 Å². The molecule has 5 rings (SSSR count). The third-order valence-electron chi connectivity index (χ3n) is 7.35. The molecular weight excluding hydrogens is 607 g/mol. The fourth-order valence-corrected chi connectivity index (χ4v) is 6.01. The zero-order chi connectivity index (χ0) is 33.2. The average molecular weight is 642 g/mol. The van der Waals surface area contributed by atoms with E-state index in [1.165, 1.54) is 11.8 Å². The molecule has 0 aliphatic heterocycles. The van der Waals surface area contributed by atoms with E-state index in [1.807, 2.05) is 92.7 Å². The van der Waals surface area contributed by atoms with E-state index in [-0.39, 0.29) is 11.6 Å². The molecule has 1 atom stereocenters. The molecule has 3 N–H and O–H groups in total. The maximum Gasteiger partial charge on any atom is 0.272 e. The minimum absolute atomic E-state index is 0.0558. The molecule has 1 unspecified atom stereocenters. The standard InChI is InChI=1S/C39H35N3O4S/c1-26-13-10-14-27(2)35(26)42-39(45)36(29-16-6-4-7-17-29)47-33-22-12-20-31(25-33)40-38(44)34(24-28-15-11-21-32(23-28)46-3)41-37(43)30-18-8-5-9-19-30/h4-25,36H,1-3H3,(H,40,44)(H,41,43)(H,42,45)/b34-24-. The lowest BCUT2D eigenvalue weighted by atomic mass is 10.1. The Morgan fingerprint density at radius 2 is 1.38 bits per heavy atom. The number of methoxy groups -OCH3 is 1. The number of thioether (sulfide) groups is 1. The van der Waals surface area contributed by atoms with Crippen LogP contribution in [0.25, 0.3) is 6.08 Å². The monoisotopic (exact) mass is 641 g/mol. The van der Waals surface area contributed by atoms with Crippen LogP contribution in [0.15, 0.2) is 138 Å². The number of nitrogens with one attached hydrogen (secondary N) is 3. The summed E-state index contributed by atoms with van der Waals surface area (Å²) in [6.07, 6.45) is 1.60. The molecule has 47 heavy (non-hydrogen) atoms. The van der Waals surface area contributed by atoms with Crippen LogP contribution >= 0.6 is 11.8 Å². The maximum atomic E-state index is 13.8. The highest BCUT2D eigenvalue weighted by Gasteiger charge is 2.24. The Balaban J connectivity index is 1.39. The van der Waals surface area contributed by atoms with Crippen LogP contribution in [0.3, 0.4) is 0 Å². The van der Waals surface area contributed by atoms with Crippen molar-refractivity contribution in [1.29, 1.82) is 0 Å². The molecule has 0 aliphatic rings. The summed E-state index contributed by atoms with van der Waals surface area (Å²) >= 11 is 1.38. The minimum atomic E-state index is -0.560. The van der Waals surface area contributed by atoms with Crippen molar-refractivity contribution in [3.63, 3.8) is 0 Å². The first-order valence-electron chi connectivity index (χ1n) is 15.0. The van der Waals surface area contributed by atoms with Crippen LogP contribution in [-0.2, 0) is 9.59 Å². The number of carbonyl (C=O) groups excluding carboxylic acids is 3. The number of para-hydroxylation sites is 1. The smallest absolute Gasteiger partial charge is 0.272 e. The second-order valence-corrected chi connectivity index (χ2v) is 12.0. The SMILES string of the molecule is COc1cccc(/C=C(\NC(=O)c2ccccc2)C(=O)Nc2cccc(SC(C(=O)Nc3c(C)cccc3C)c3ccccc3)c2)c1. The van der Waals surface area contributed by atoms with Gasteiger partial charge in [-0.25, -0.2) is 0 Å². The molecule has 5 aromatic carbocycles. The summed E-state index contributed by atoms with van der Waals surface area (Å²) in [4.78, 5) is 41.3. The van der Waals surface area contributed by atoms with Gasteiger partial charge >= 0.3 is 0 Å². The highest BCUT2D eigenvalue weighted by atomic mass is 32.2. The molecule has 0 spiro atoms. The second-order valence-electron chi connectivity index (χ2n) is 10.8. The third kappa shape index (κ3) is 8.77. The Bertz CT molecular complexity index is 1890. The number of anilines is 2. The zero-order valence-corrected chi connectivity index (χ0v) is 27.1. The number of rotatable bonds is 11. The molecule has 5 aromatic rings. The largest absolute Gasteiger partial charge is 0.497 e. The van der Waals surface area contributed by atoms with Crippen LogP contribution in [0.2, 0.25) is 0 Å². The Hall–Kier alpha value is -5.60. The molecule has 0 bridgehead atoms. The van der Waals surface area contributed by atoms with Gasteiger partial charge in [0.25, 0.3) is 11.8 Å². The predicted molar refractivity (Wildman–Crippen MR) is 190 cm³/mol. The van der Waals surface area contributed by atoms with Gasteiger partial charge in [0.1, 0.15) is 16.7 Å². The summed E-state index contributed by atoms with van der Waals surface area (Å²) in [6.45, 7) is 3.94. The molecule has 0 aliphatic carbocycles. The Morgan fingerprint density at radius 3 is 2.09 bits per heavy atom. The lowest BCUT2D eigenvalue weighted by molar-refractivity contribution is -0.116. The molecule has 236 valence electrons. The van der Waals surface area contributed by atoms with Crippen LogP contribution in [0.4, 0.5) is 11.4 Å². The van der Waals surface area contributed by atoms with Crippen molar-refractivity contribution in [2.75, 3.05) is 17.7 Å². The van der Waals surface area contributed by atoms with Crippen molar-refractivity contribution < 1.29 is 19.1 Å². The van der Waals surface area contributed by atoms with Crippen LogP contribution in [-0.4, -0.2) is 24.8 Å². The molecule has 0 heterocycles. The van der Waals surface area contributed by atoms with Gasteiger partial charge in [-0.2, -0.15) is 0 Å². The number of ether oxygens (including phenoxy) is 1. The van der Waals surface area contributed by atoms with E-state index in [0.29, 0.717) is 22.6 Å². The van der Waals surface area contributed by atoms with Gasteiger partial charge < -0.3 is 20.7 Å². The predicted octanol–water partition coefficient (Wildman–Crippen LogP) is 8.19. The summed E-state index contributed by atoms with van der Waals surface area (Å²) in [5, 5.41) is 8.26. The van der Waals surface area contributed by atoms with Crippen LogP contribution < -0.4 is 20.7 Å². The summed E-state index contributed by atoms with van der Waals surface area (Å²) in [7, 11) is 1.56. The van der Waals surface area contributed by atoms with Crippen molar-refractivity contribution in [2.45, 2.75) is 24.0 Å². The van der Waals surface area contributed by atoms with E-state index >= 15 is 0 Å². The quantitative estimate of drug-likeness (QED) is 0.0998. The third-order valence-corrected chi connectivity index (χ3v) is 8.60. The fourth-order valence-electron chi connectivity index (χ4n) is 4.92. The van der Waals surface area contributed by atoms with Crippen molar-refractivity contribution in [2.24, 2.45) is 0 Å². The number of benzene rings is 5. The highest BCUT2D eigenvalue weighted by molar-refractivity contribution is 8.00. The molecule has 0 fully saturated rings. The lowest BCUT2D eigenvalue weighted by Crippen LogP contribution is -2.30. The second kappa shape index (κ2) is 15.6. The summed E-state index contributed by atoms with van der Waals surface area (Å²) in [5.74, 6) is -0.459. The molecule has 0 saturated heterocycles. The lowest BCUT2D eigenvalue weighted by Gasteiger charge is -2.19. The molecule has 8 heteroatoms. The topological polar surface area (TPSA) is 96.5 Å². The number of aryl methyl sites for hydroxylation is 2. The van der Waals surface area contributed by atoms with E-state index in [4.69, 9.17) is 4.74 Å². The van der Waals surface area contributed by atoms with Crippen LogP contribution in [0.5, 0.6) is 5.75 Å². The summed E-state index contributed by atoms with van der Waals surface area (Å²) in [5.41, 5.74) is 5.27. The van der Waals surface area contributed by atoms with Gasteiger partial charge in [0, 0.05) is 21.8 Å². The van der Waals surface area contributed by atoms with Crippen molar-refractivity contribution in [3.8, 4) is 5.75 Å². The number of hydrogen-bond acceptors (Lipinski definition) is 5. The van der Waals surface area contributed by atoms with Crippen LogP contribution in [0.1, 0.15) is 37.9 Å². The Kier molecular flexibility index (Phi) is 10.9. The van der Waals surface area contributed by atoms with Crippen molar-refractivity contribution in [3.05, 3.63) is 161 Å². The first-order chi connectivity index (χ1) is 22.8. The van der Waals surface area contributed by atoms with Gasteiger partial charge in [0.15, 0.2) is 0 Å². The Labute approximate surface area is 279 Å². The molecule has 7 nitrogen and oxygen atoms in total. The number of amides is 3. The average Bonchev–Trinajstić information content (AvgIpc) is 3.09. The molecule has 0 saturated carbocycles. The molecular formula is C39H35N3O4S. The molecule has 3 amide bonds. The molecule has 0 radical (unpaired) electrons. The van der Waals surface area contributed by atoms with Gasteiger partial charge in [0.2, 0.25) is 5.91 Å². The van der Waals surface area contributed by atoms with E-state index in [2.05, 4.69) is 16.0 Å². The highest BCUT2D eigenvalue weighted by Crippen LogP contribution is 2.38. The fraction of sp³-hybridized carbons (Fsp3) is 0.103. The van der Waals surface area contributed by atoms with Gasteiger partial charge in [-0.1, -0.05) is 84.9 Å². The molecule has 0 aromatic heterocycles. The van der Waals surface area contributed by atoms with Crippen molar-refractivity contribution >= 4 is 46.9 Å². The van der Waals surface area contributed by atoms with E-state index in [1.54, 1.807) is 61.7 Å². The van der Waals surface area contributed by atoms with Gasteiger partial charge in [-0.15, -0.1) is 11.8 Å². The number of hydrogen-bond donors (Lipinski definition) is 3. The summed E-state index contributed by atoms with van der Waals surface area (Å²) in [6, 6.07) is 38.7. The Morgan fingerprint density at radius 1 is 0.723 bits per heavy atom. The first-order valence-corrected chi connectivity index (χ1v) is 15.9. The first kappa shape index (κ1) is 32.8. The van der Waals surface area contributed by atoms with E-state index in [9.17, 15) is 14.4 Å². The van der Waals surface area contributed by atoms with Gasteiger partial charge in [0.05, 0.1) is 7.11 Å².